The fraction of sp³-hybridized carbons (Fsp3) is 0. The second-order valence-electron chi connectivity index (χ2n) is 0. The maximum atomic E-state index is 6.25. The first-order valence-corrected chi connectivity index (χ1v) is 0.224. The van der Waals surface area contributed by atoms with Gasteiger partial charge in [0, 0.05) is 0 Å². The van der Waals surface area contributed by atoms with E-state index in [4.69, 9.17) is 11.8 Å². The van der Waals surface area contributed by atoms with E-state index in [-0.39, 0.29) is 43.1 Å². The molecule has 0 bridgehead atoms. The van der Waals surface area contributed by atoms with Crippen LogP contribution in [0.4, 0.5) is 0 Å². The number of nitrogens with zero attached hydrogens (tertiary/aromatic N) is 1. The van der Waals surface area contributed by atoms with Crippen molar-refractivity contribution < 1.29 is 29.6 Å². The van der Waals surface area contributed by atoms with Crippen molar-refractivity contribution in [3.8, 4) is 0 Å². The fourth-order valence-electron chi connectivity index (χ4n) is 0. The molecular weight excluding hydrogens is 81.1 g/mol. The summed E-state index contributed by atoms with van der Waals surface area (Å²) in [6, 6.07) is 0. The van der Waals surface area contributed by atoms with Gasteiger partial charge in [-0.25, -0.2) is 0 Å². The summed E-state index contributed by atoms with van der Waals surface area (Å²) in [4.78, 5) is 0. The minimum absolute atomic E-state index is 0. The van der Waals surface area contributed by atoms with E-state index < -0.39 is 0 Å². The summed E-state index contributed by atoms with van der Waals surface area (Å²) in [7, 11) is 0. The van der Waals surface area contributed by atoms with Gasteiger partial charge < -0.3 is 11.8 Å². The van der Waals surface area contributed by atoms with Crippen LogP contribution in [0.2, 0.25) is 0 Å². The molecule has 0 saturated carbocycles. The van der Waals surface area contributed by atoms with E-state index in [1.807, 2.05) is 0 Å². The van der Waals surface area contributed by atoms with Crippen LogP contribution in [0.15, 0.2) is 0 Å². The Morgan fingerprint density at radius 3 is 1.25 bits per heavy atom. The van der Waals surface area contributed by atoms with Crippen molar-refractivity contribution in [3.05, 3.63) is 6.57 Å². The van der Waals surface area contributed by atoms with Gasteiger partial charge in [0.2, 0.25) is 0 Å². The molecule has 0 radical (unpaired) electrons. The van der Waals surface area contributed by atoms with Gasteiger partial charge in [0.1, 0.15) is 0 Å². The maximum Gasteiger partial charge on any atom is 1.00 e. The topological polar surface area (TPSA) is 23.8 Å². The smallest absolute Gasteiger partial charge is 0.512 e. The average molecular weight is 83.1 g/mol. The van der Waals surface area contributed by atoms with Crippen molar-refractivity contribution in [3.63, 3.8) is 0 Å². The molecule has 0 aliphatic carbocycles. The Morgan fingerprint density at radius 1 is 1.25 bits per heavy atom. The fourth-order valence-corrected chi connectivity index (χ4v) is 0. The van der Waals surface area contributed by atoms with Crippen LogP contribution >= 0.6 is 13.5 Å². The first-order chi connectivity index (χ1) is 1.00. The largest absolute Gasteiger partial charge is 1.00 e. The molecule has 4 heavy (non-hydrogen) atoms. The van der Waals surface area contributed by atoms with Crippen LogP contribution in [0.5, 0.6) is 0 Å². The molecule has 0 fully saturated rings. The normalized spacial score (nSPS) is 0.500. The monoisotopic (exact) mass is 83.0 g/mol. The van der Waals surface area contributed by atoms with Gasteiger partial charge in [0.15, 0.2) is 0 Å². The zero-order valence-corrected chi connectivity index (χ0v) is 5.45. The van der Waals surface area contributed by atoms with Gasteiger partial charge in [-0.05, 0) is 0 Å². The molecule has 3 heteroatoms. The molecule has 0 aliphatic rings. The zero-order valence-electron chi connectivity index (χ0n) is 2.45. The van der Waals surface area contributed by atoms with Crippen molar-refractivity contribution >= 4 is 13.5 Å². The van der Waals surface area contributed by atoms with Crippen molar-refractivity contribution in [1.29, 1.82) is 5.26 Å². The van der Waals surface area contributed by atoms with Crippen LogP contribution in [0.3, 0.4) is 0 Å². The van der Waals surface area contributed by atoms with E-state index in [9.17, 15) is 0 Å². The maximum absolute atomic E-state index is 6.25. The minimum atomic E-state index is 0. The first-order valence-electron chi connectivity index (χ1n) is 0.224. The molecule has 0 amide bonds. The van der Waals surface area contributed by atoms with Crippen LogP contribution in [-0.4, -0.2) is 0 Å². The summed E-state index contributed by atoms with van der Waals surface area (Å²) < 4.78 is 0. The molecule has 1 nitrogen and oxygen atoms in total. The molecule has 0 spiro atoms. The molecule has 0 atom stereocenters. The summed E-state index contributed by atoms with van der Waals surface area (Å²) in [5, 5.41) is 6.25. The Hall–Kier alpha value is 0.840. The number of hydrogen-bond donors (Lipinski definition) is 0. The molecule has 0 aromatic rings. The third kappa shape index (κ3) is 13.6. The van der Waals surface area contributed by atoms with Gasteiger partial charge in [-0.15, -0.1) is 0 Å². The van der Waals surface area contributed by atoms with Crippen LogP contribution in [-0.2, 0) is 0 Å². The molecular formula is CH2NNaS. The Balaban J connectivity index is -0.00000000500. The summed E-state index contributed by atoms with van der Waals surface area (Å²) in [5.74, 6) is 0. The first kappa shape index (κ1) is 21.1. The van der Waals surface area contributed by atoms with E-state index in [0.29, 0.717) is 0 Å². The van der Waals surface area contributed by atoms with Gasteiger partial charge >= 0.3 is 29.6 Å². The van der Waals surface area contributed by atoms with Crippen LogP contribution in [0.25, 0.3) is 0 Å². The zero-order chi connectivity index (χ0) is 2.00. The third-order valence-corrected chi connectivity index (χ3v) is 0. The standard InChI is InChI=1S/CN.Na.H2S/c1-2;;/h;;1H2/q-1;+1;. The van der Waals surface area contributed by atoms with Crippen LogP contribution in [0, 0.1) is 11.8 Å². The Labute approximate surface area is 54.7 Å². The average Bonchev–Trinajstić information content (AvgIpc) is 1.00. The van der Waals surface area contributed by atoms with Gasteiger partial charge in [-0.2, -0.15) is 13.5 Å². The molecule has 0 saturated heterocycles. The molecule has 0 unspecified atom stereocenters. The predicted molar refractivity (Wildman–Crippen MR) is 15.3 cm³/mol. The molecule has 0 aromatic heterocycles. The van der Waals surface area contributed by atoms with Gasteiger partial charge in [0.05, 0.1) is 0 Å². The molecule has 0 heterocycles. The van der Waals surface area contributed by atoms with Gasteiger partial charge in [-0.1, -0.05) is 0 Å². The molecule has 0 N–H and O–H groups in total. The predicted octanol–water partition coefficient (Wildman–Crippen LogP) is -2.79. The van der Waals surface area contributed by atoms with Crippen molar-refractivity contribution in [2.24, 2.45) is 0 Å². The van der Waals surface area contributed by atoms with E-state index in [1.165, 1.54) is 0 Å². The quantitative estimate of drug-likeness (QED) is 0.229. The molecule has 0 aliphatic heterocycles. The SMILES string of the molecule is S.[C-]#N.[Na+]. The molecule has 18 valence electrons. The molecule has 0 rings (SSSR count). The Kier molecular flexibility index (Phi) is 231. The van der Waals surface area contributed by atoms with Crippen molar-refractivity contribution in [2.75, 3.05) is 0 Å². The number of hydrogen-bond acceptors (Lipinski definition) is 1. The summed E-state index contributed by atoms with van der Waals surface area (Å²) in [5.41, 5.74) is 0. The van der Waals surface area contributed by atoms with Crippen LogP contribution < -0.4 is 29.6 Å². The van der Waals surface area contributed by atoms with E-state index in [0.717, 1.165) is 0 Å². The van der Waals surface area contributed by atoms with Crippen molar-refractivity contribution in [2.45, 2.75) is 0 Å². The van der Waals surface area contributed by atoms with E-state index in [1.54, 1.807) is 0 Å². The minimum Gasteiger partial charge on any atom is -0.512 e. The van der Waals surface area contributed by atoms with Crippen molar-refractivity contribution in [1.82, 2.24) is 0 Å². The second-order valence-corrected chi connectivity index (χ2v) is 0. The third-order valence-electron chi connectivity index (χ3n) is 0. The van der Waals surface area contributed by atoms with Gasteiger partial charge in [0.25, 0.3) is 0 Å². The Morgan fingerprint density at radius 2 is 1.25 bits per heavy atom. The second kappa shape index (κ2) is 43.9. The summed E-state index contributed by atoms with van der Waals surface area (Å²) in [6.45, 7) is 4.75. The summed E-state index contributed by atoms with van der Waals surface area (Å²) in [6.07, 6.45) is 0. The van der Waals surface area contributed by atoms with E-state index >= 15 is 0 Å². The summed E-state index contributed by atoms with van der Waals surface area (Å²) >= 11 is 0. The number of rotatable bonds is 0. The van der Waals surface area contributed by atoms with E-state index in [2.05, 4.69) is 0 Å². The van der Waals surface area contributed by atoms with Gasteiger partial charge in [-0.3, -0.25) is 0 Å². The Bertz CT molecular complexity index is 12.8. The molecule has 0 aromatic carbocycles. The van der Waals surface area contributed by atoms with Crippen LogP contribution in [0.1, 0.15) is 0 Å².